The molecule has 150 valence electrons. The van der Waals surface area contributed by atoms with Crippen molar-refractivity contribution < 1.29 is 14.3 Å². The molecule has 9 heteroatoms. The maximum Gasteiger partial charge on any atom is 0.296 e. The van der Waals surface area contributed by atoms with E-state index in [0.29, 0.717) is 29.0 Å². The Morgan fingerprint density at radius 3 is 2.79 bits per heavy atom. The number of hydrogen-bond donors (Lipinski definition) is 2. The van der Waals surface area contributed by atoms with Gasteiger partial charge in [0.25, 0.3) is 5.56 Å². The molecule has 0 fully saturated rings. The van der Waals surface area contributed by atoms with Crippen molar-refractivity contribution in [3.8, 4) is 5.75 Å². The number of nitrogens with zero attached hydrogens (tertiary/aromatic N) is 3. The molecule has 0 bridgehead atoms. The van der Waals surface area contributed by atoms with E-state index in [4.69, 9.17) is 0 Å². The number of hydrogen-bond acceptors (Lipinski definition) is 5. The number of carbonyl (C=O) groups is 1. The lowest BCUT2D eigenvalue weighted by Crippen LogP contribution is -2.50. The number of aromatic nitrogens is 2. The Bertz CT molecular complexity index is 990. The van der Waals surface area contributed by atoms with Gasteiger partial charge in [0.2, 0.25) is 11.7 Å². The molecule has 1 aliphatic heterocycles. The summed E-state index contributed by atoms with van der Waals surface area (Å²) in [4.78, 5) is 31.4. The number of carbonyl (C=O) groups excluding carboxylic acids is 1. The minimum Gasteiger partial charge on any atom is -0.502 e. The van der Waals surface area contributed by atoms with E-state index in [1.54, 1.807) is 12.1 Å². The van der Waals surface area contributed by atoms with Crippen LogP contribution < -0.4 is 10.9 Å². The first-order valence-electron chi connectivity index (χ1n) is 8.86. The zero-order chi connectivity index (χ0) is 20.6. The molecule has 0 saturated heterocycles. The van der Waals surface area contributed by atoms with Crippen molar-refractivity contribution in [3.05, 3.63) is 55.9 Å². The SMILES string of the molecule is CN1CCn2c(nc(CC(=O)NCc3ccc(F)c(Br)c3)c(O)c2=O)C1(C)C. The van der Waals surface area contributed by atoms with Gasteiger partial charge in [-0.05, 0) is 54.5 Å². The summed E-state index contributed by atoms with van der Waals surface area (Å²) in [6, 6.07) is 4.46. The van der Waals surface area contributed by atoms with Crippen molar-refractivity contribution in [1.29, 1.82) is 0 Å². The first-order valence-corrected chi connectivity index (χ1v) is 9.65. The van der Waals surface area contributed by atoms with Gasteiger partial charge >= 0.3 is 0 Å². The lowest BCUT2D eigenvalue weighted by molar-refractivity contribution is -0.120. The molecule has 0 atom stereocenters. The average molecular weight is 453 g/mol. The van der Waals surface area contributed by atoms with Crippen molar-refractivity contribution >= 4 is 21.8 Å². The third kappa shape index (κ3) is 3.81. The Labute approximate surface area is 170 Å². The second-order valence-electron chi connectivity index (χ2n) is 7.37. The summed E-state index contributed by atoms with van der Waals surface area (Å²) < 4.78 is 15.1. The van der Waals surface area contributed by atoms with E-state index in [1.165, 1.54) is 10.6 Å². The number of fused-ring (bicyclic) bond motifs is 1. The summed E-state index contributed by atoms with van der Waals surface area (Å²) in [6.07, 6.45) is -0.225. The smallest absolute Gasteiger partial charge is 0.296 e. The molecule has 1 aliphatic rings. The third-order valence-corrected chi connectivity index (χ3v) is 5.79. The fourth-order valence-electron chi connectivity index (χ4n) is 3.15. The molecule has 28 heavy (non-hydrogen) atoms. The Hall–Kier alpha value is -2.26. The molecule has 2 aromatic rings. The first kappa shape index (κ1) is 20.5. The molecule has 0 unspecified atom stereocenters. The molecule has 1 amide bonds. The van der Waals surface area contributed by atoms with Gasteiger partial charge in [0, 0.05) is 19.6 Å². The Morgan fingerprint density at radius 2 is 2.11 bits per heavy atom. The zero-order valence-electron chi connectivity index (χ0n) is 15.9. The Kier molecular flexibility index (Phi) is 5.58. The van der Waals surface area contributed by atoms with Crippen molar-refractivity contribution in [2.75, 3.05) is 13.6 Å². The molecule has 2 N–H and O–H groups in total. The van der Waals surface area contributed by atoms with Crippen LogP contribution in [0.4, 0.5) is 4.39 Å². The predicted molar refractivity (Wildman–Crippen MR) is 105 cm³/mol. The monoisotopic (exact) mass is 452 g/mol. The minimum absolute atomic E-state index is 0.0532. The number of likely N-dealkylation sites (N-methyl/N-ethyl adjacent to an activating group) is 1. The largest absolute Gasteiger partial charge is 0.502 e. The summed E-state index contributed by atoms with van der Waals surface area (Å²) in [5.74, 6) is -0.751. The molecular formula is C19H22BrFN4O3. The summed E-state index contributed by atoms with van der Waals surface area (Å²) in [5, 5.41) is 13.0. The van der Waals surface area contributed by atoms with Crippen LogP contribution in [-0.2, 0) is 29.8 Å². The van der Waals surface area contributed by atoms with Crippen LogP contribution >= 0.6 is 15.9 Å². The van der Waals surface area contributed by atoms with Gasteiger partial charge in [-0.1, -0.05) is 6.07 Å². The number of amides is 1. The van der Waals surface area contributed by atoms with Gasteiger partial charge in [0.05, 0.1) is 22.1 Å². The number of benzene rings is 1. The van der Waals surface area contributed by atoms with E-state index in [-0.39, 0.29) is 24.5 Å². The molecule has 2 heterocycles. The molecule has 0 spiro atoms. The second-order valence-corrected chi connectivity index (χ2v) is 8.22. The van der Waals surface area contributed by atoms with Gasteiger partial charge < -0.3 is 10.4 Å². The molecule has 7 nitrogen and oxygen atoms in total. The number of halogens is 2. The molecule has 0 radical (unpaired) electrons. The summed E-state index contributed by atoms with van der Waals surface area (Å²) in [7, 11) is 1.94. The van der Waals surface area contributed by atoms with Crippen LogP contribution in [0.25, 0.3) is 0 Å². The maximum absolute atomic E-state index is 13.3. The van der Waals surface area contributed by atoms with E-state index in [0.717, 1.165) is 0 Å². The maximum atomic E-state index is 13.3. The van der Waals surface area contributed by atoms with Crippen LogP contribution in [0, 0.1) is 5.82 Å². The van der Waals surface area contributed by atoms with Crippen molar-refractivity contribution in [2.24, 2.45) is 0 Å². The first-order chi connectivity index (χ1) is 13.1. The molecular weight excluding hydrogens is 431 g/mol. The van der Waals surface area contributed by atoms with Crippen LogP contribution in [-0.4, -0.2) is 39.1 Å². The summed E-state index contributed by atoms with van der Waals surface area (Å²) in [6.45, 7) is 5.17. The van der Waals surface area contributed by atoms with Crippen LogP contribution in [0.15, 0.2) is 27.5 Å². The molecule has 1 aromatic carbocycles. The van der Waals surface area contributed by atoms with Crippen molar-refractivity contribution in [3.63, 3.8) is 0 Å². The highest BCUT2D eigenvalue weighted by molar-refractivity contribution is 9.10. The predicted octanol–water partition coefficient (Wildman–Crippen LogP) is 1.89. The van der Waals surface area contributed by atoms with E-state index in [9.17, 15) is 19.1 Å². The van der Waals surface area contributed by atoms with Crippen LogP contribution in [0.5, 0.6) is 5.75 Å². The summed E-state index contributed by atoms with van der Waals surface area (Å²) >= 11 is 3.10. The van der Waals surface area contributed by atoms with Crippen LogP contribution in [0.3, 0.4) is 0 Å². The third-order valence-electron chi connectivity index (χ3n) is 5.18. The highest BCUT2D eigenvalue weighted by atomic mass is 79.9. The van der Waals surface area contributed by atoms with Gasteiger partial charge in [-0.25, -0.2) is 9.37 Å². The van der Waals surface area contributed by atoms with Gasteiger partial charge in [0.1, 0.15) is 11.6 Å². The molecule has 0 saturated carbocycles. The normalized spacial score (nSPS) is 15.9. The van der Waals surface area contributed by atoms with Crippen LogP contribution in [0.2, 0.25) is 0 Å². The topological polar surface area (TPSA) is 87.5 Å². The van der Waals surface area contributed by atoms with E-state index >= 15 is 0 Å². The van der Waals surface area contributed by atoms with E-state index < -0.39 is 22.8 Å². The standard InChI is InChI=1S/C19H22BrFN4O3/c1-19(2)18-23-14(16(27)17(28)25(18)7-6-24(19)3)9-15(26)22-10-11-4-5-13(21)12(20)8-11/h4-5,8,27H,6-7,9-10H2,1-3H3,(H,22,26). The molecule has 0 aliphatic carbocycles. The molecule has 1 aromatic heterocycles. The number of aromatic hydroxyl groups is 1. The lowest BCUT2D eigenvalue weighted by Gasteiger charge is -2.40. The van der Waals surface area contributed by atoms with Gasteiger partial charge in [-0.2, -0.15) is 0 Å². The van der Waals surface area contributed by atoms with Crippen LogP contribution in [0.1, 0.15) is 30.9 Å². The zero-order valence-corrected chi connectivity index (χ0v) is 17.5. The van der Waals surface area contributed by atoms with Gasteiger partial charge in [0.15, 0.2) is 0 Å². The van der Waals surface area contributed by atoms with Crippen molar-refractivity contribution in [2.45, 2.75) is 38.9 Å². The number of nitrogens with one attached hydrogen (secondary N) is 1. The highest BCUT2D eigenvalue weighted by Gasteiger charge is 2.36. The highest BCUT2D eigenvalue weighted by Crippen LogP contribution is 2.29. The van der Waals surface area contributed by atoms with E-state index in [1.807, 2.05) is 20.9 Å². The number of rotatable bonds is 4. The minimum atomic E-state index is -0.531. The quantitative estimate of drug-likeness (QED) is 0.739. The van der Waals surface area contributed by atoms with Crippen molar-refractivity contribution in [1.82, 2.24) is 19.8 Å². The second kappa shape index (κ2) is 7.63. The summed E-state index contributed by atoms with van der Waals surface area (Å²) in [5.41, 5.74) is -0.266. The molecule has 3 rings (SSSR count). The Balaban J connectivity index is 1.79. The Morgan fingerprint density at radius 1 is 1.39 bits per heavy atom. The van der Waals surface area contributed by atoms with E-state index in [2.05, 4.69) is 31.1 Å². The van der Waals surface area contributed by atoms with Gasteiger partial charge in [-0.15, -0.1) is 0 Å². The fraction of sp³-hybridized carbons (Fsp3) is 0.421. The average Bonchev–Trinajstić information content (AvgIpc) is 2.64. The lowest BCUT2D eigenvalue weighted by atomic mass is 9.99. The fourth-order valence-corrected chi connectivity index (χ4v) is 3.58. The van der Waals surface area contributed by atoms with Gasteiger partial charge in [-0.3, -0.25) is 19.1 Å².